The predicted molar refractivity (Wildman–Crippen MR) is 127 cm³/mol. The van der Waals surface area contributed by atoms with Crippen LogP contribution >= 0.6 is 0 Å². The van der Waals surface area contributed by atoms with E-state index in [2.05, 4.69) is 20.7 Å². The van der Waals surface area contributed by atoms with Crippen molar-refractivity contribution in [2.24, 2.45) is 0 Å². The van der Waals surface area contributed by atoms with Crippen molar-refractivity contribution in [3.63, 3.8) is 0 Å². The first-order valence-corrected chi connectivity index (χ1v) is 10.6. The number of methoxy groups -OCH3 is 1. The predicted octanol–water partition coefficient (Wildman–Crippen LogP) is 4.52. The van der Waals surface area contributed by atoms with Crippen LogP contribution in [-0.4, -0.2) is 33.4 Å². The van der Waals surface area contributed by atoms with Gasteiger partial charge in [-0.3, -0.25) is 4.79 Å². The lowest BCUT2D eigenvalue weighted by molar-refractivity contribution is -0.134. The van der Waals surface area contributed by atoms with Crippen molar-refractivity contribution in [1.82, 2.24) is 20.3 Å². The highest BCUT2D eigenvalue weighted by Gasteiger charge is 2.45. The molecule has 3 aromatic heterocycles. The van der Waals surface area contributed by atoms with Crippen LogP contribution in [0, 0.1) is 6.92 Å². The smallest absolute Gasteiger partial charge is 0.268 e. The van der Waals surface area contributed by atoms with Gasteiger partial charge >= 0.3 is 0 Å². The van der Waals surface area contributed by atoms with Crippen LogP contribution in [0.4, 0.5) is 5.82 Å². The molecule has 0 aliphatic carbocycles. The first-order valence-electron chi connectivity index (χ1n) is 10.6. The molecule has 5 aromatic rings. The van der Waals surface area contributed by atoms with Gasteiger partial charge in [0.05, 0.1) is 17.4 Å². The van der Waals surface area contributed by atoms with Crippen molar-refractivity contribution in [2.45, 2.75) is 12.5 Å². The molecule has 2 aromatic carbocycles. The number of rotatable bonds is 6. The summed E-state index contributed by atoms with van der Waals surface area (Å²) in [6, 6.07) is 22.2. The lowest BCUT2D eigenvalue weighted by atomic mass is 9.89. The Hall–Kier alpha value is -4.43. The van der Waals surface area contributed by atoms with Gasteiger partial charge < -0.3 is 14.6 Å². The van der Waals surface area contributed by atoms with Crippen molar-refractivity contribution in [1.29, 1.82) is 0 Å². The number of fused-ring (bicyclic) bond motifs is 1. The molecule has 1 amide bonds. The molecule has 0 saturated carbocycles. The van der Waals surface area contributed by atoms with Crippen molar-refractivity contribution in [2.75, 3.05) is 12.4 Å². The summed E-state index contributed by atoms with van der Waals surface area (Å²) in [5, 5.41) is 16.2. The van der Waals surface area contributed by atoms with Crippen LogP contribution in [0.2, 0.25) is 0 Å². The Morgan fingerprint density at radius 3 is 2.59 bits per heavy atom. The van der Waals surface area contributed by atoms with E-state index >= 15 is 0 Å². The standard InChI is InChI=1S/C26H21N5O3/c1-17-14-22(20-16-27-30-21-11-7-6-10-19(20)21)28-24(15-17)29-25(32)26(33-2,23-12-13-34-31-23)18-8-4-3-5-9-18/h3-16H,1-2H3,(H,28,29,32)/t26-/m1/s1. The molecular weight excluding hydrogens is 430 g/mol. The second-order valence-electron chi connectivity index (χ2n) is 7.78. The van der Waals surface area contributed by atoms with E-state index in [0.29, 0.717) is 22.8 Å². The Bertz CT molecular complexity index is 1450. The largest absolute Gasteiger partial charge is 0.364 e. The summed E-state index contributed by atoms with van der Waals surface area (Å²) in [6.07, 6.45) is 3.08. The van der Waals surface area contributed by atoms with Gasteiger partial charge in [0.15, 0.2) is 0 Å². The van der Waals surface area contributed by atoms with Crippen LogP contribution in [-0.2, 0) is 15.1 Å². The average molecular weight is 451 g/mol. The van der Waals surface area contributed by atoms with Crippen LogP contribution in [0.5, 0.6) is 0 Å². The van der Waals surface area contributed by atoms with Crippen molar-refractivity contribution in [3.05, 3.63) is 102 Å². The number of benzene rings is 2. The van der Waals surface area contributed by atoms with Crippen LogP contribution in [0.1, 0.15) is 16.8 Å². The van der Waals surface area contributed by atoms with Crippen molar-refractivity contribution >= 4 is 22.6 Å². The maximum Gasteiger partial charge on any atom is 0.268 e. The maximum absolute atomic E-state index is 13.8. The quantitative estimate of drug-likeness (QED) is 0.405. The van der Waals surface area contributed by atoms with Crippen LogP contribution in [0.25, 0.3) is 22.2 Å². The summed E-state index contributed by atoms with van der Waals surface area (Å²) in [7, 11) is 1.46. The van der Waals surface area contributed by atoms with Crippen LogP contribution in [0.15, 0.2) is 89.8 Å². The highest BCUT2D eigenvalue weighted by molar-refractivity contribution is 6.00. The average Bonchev–Trinajstić information content (AvgIpc) is 3.40. The SMILES string of the molecule is CO[C@](C(=O)Nc1cc(C)cc(-c2cnnc3ccccc23)n1)(c1ccccc1)c1ccon1. The van der Waals surface area contributed by atoms with E-state index in [-0.39, 0.29) is 0 Å². The molecule has 0 spiro atoms. The monoisotopic (exact) mass is 451 g/mol. The fourth-order valence-electron chi connectivity index (χ4n) is 4.06. The first kappa shape index (κ1) is 21.4. The number of amides is 1. The minimum Gasteiger partial charge on any atom is -0.364 e. The maximum atomic E-state index is 13.8. The number of hydrogen-bond acceptors (Lipinski definition) is 7. The lowest BCUT2D eigenvalue weighted by Gasteiger charge is -2.29. The van der Waals surface area contributed by atoms with Crippen LogP contribution < -0.4 is 5.32 Å². The number of nitrogens with zero attached hydrogens (tertiary/aromatic N) is 4. The zero-order chi connectivity index (χ0) is 23.5. The third-order valence-electron chi connectivity index (χ3n) is 5.64. The Labute approximate surface area is 195 Å². The normalized spacial score (nSPS) is 12.9. The number of ether oxygens (including phenoxy) is 1. The molecule has 0 aliphatic heterocycles. The number of carbonyl (C=O) groups is 1. The van der Waals surface area contributed by atoms with Gasteiger partial charge in [-0.2, -0.15) is 10.2 Å². The second kappa shape index (κ2) is 8.84. The lowest BCUT2D eigenvalue weighted by Crippen LogP contribution is -2.43. The minimum atomic E-state index is -1.52. The molecule has 3 heterocycles. The molecule has 0 aliphatic rings. The van der Waals surface area contributed by atoms with Gasteiger partial charge in [0.2, 0.25) is 5.60 Å². The Kier molecular flexibility index (Phi) is 5.57. The molecule has 1 atom stereocenters. The molecule has 0 unspecified atom stereocenters. The molecule has 0 fully saturated rings. The van der Waals surface area contributed by atoms with E-state index in [0.717, 1.165) is 22.0 Å². The molecule has 8 nitrogen and oxygen atoms in total. The van der Waals surface area contributed by atoms with E-state index in [1.54, 1.807) is 18.3 Å². The topological polar surface area (TPSA) is 103 Å². The minimum absolute atomic E-state index is 0.330. The molecule has 168 valence electrons. The summed E-state index contributed by atoms with van der Waals surface area (Å²) in [4.78, 5) is 18.5. The number of anilines is 1. The highest BCUT2D eigenvalue weighted by Crippen LogP contribution is 2.34. The third kappa shape index (κ3) is 3.70. The van der Waals surface area contributed by atoms with Gasteiger partial charge in [-0.25, -0.2) is 4.98 Å². The molecular formula is C26H21N5O3. The zero-order valence-corrected chi connectivity index (χ0v) is 18.6. The Morgan fingerprint density at radius 1 is 1.03 bits per heavy atom. The summed E-state index contributed by atoms with van der Waals surface area (Å²) < 4.78 is 10.9. The van der Waals surface area contributed by atoms with E-state index in [1.807, 2.05) is 67.6 Å². The summed E-state index contributed by atoms with van der Waals surface area (Å²) >= 11 is 0. The van der Waals surface area contributed by atoms with E-state index in [4.69, 9.17) is 14.2 Å². The van der Waals surface area contributed by atoms with Crippen molar-refractivity contribution in [3.8, 4) is 11.3 Å². The summed E-state index contributed by atoms with van der Waals surface area (Å²) in [6.45, 7) is 1.94. The van der Waals surface area contributed by atoms with Gasteiger partial charge in [-0.1, -0.05) is 53.7 Å². The first-order chi connectivity index (χ1) is 16.6. The van der Waals surface area contributed by atoms with Gasteiger partial charge in [-0.15, -0.1) is 0 Å². The number of pyridine rings is 1. The fourth-order valence-corrected chi connectivity index (χ4v) is 4.06. The zero-order valence-electron chi connectivity index (χ0n) is 18.6. The molecule has 0 bridgehead atoms. The summed E-state index contributed by atoms with van der Waals surface area (Å²) in [5.41, 5.74) is 2.60. The van der Waals surface area contributed by atoms with Crippen molar-refractivity contribution < 1.29 is 14.1 Å². The molecule has 5 rings (SSSR count). The molecule has 34 heavy (non-hydrogen) atoms. The van der Waals surface area contributed by atoms with Gasteiger partial charge in [0.25, 0.3) is 5.91 Å². The number of aryl methyl sites for hydroxylation is 1. The molecule has 8 heteroatoms. The van der Waals surface area contributed by atoms with E-state index in [1.165, 1.54) is 13.4 Å². The van der Waals surface area contributed by atoms with Gasteiger partial charge in [0.1, 0.15) is 17.8 Å². The molecule has 1 N–H and O–H groups in total. The number of aromatic nitrogens is 4. The van der Waals surface area contributed by atoms with Gasteiger partial charge in [-0.05, 0) is 36.2 Å². The number of nitrogens with one attached hydrogen (secondary N) is 1. The molecule has 0 saturated heterocycles. The van der Waals surface area contributed by atoms with Crippen LogP contribution in [0.3, 0.4) is 0 Å². The third-order valence-corrected chi connectivity index (χ3v) is 5.64. The molecule has 0 radical (unpaired) electrons. The van der Waals surface area contributed by atoms with E-state index in [9.17, 15) is 4.79 Å². The Balaban J connectivity index is 1.58. The Morgan fingerprint density at radius 2 is 1.82 bits per heavy atom. The number of carbonyl (C=O) groups excluding carboxylic acids is 1. The number of hydrogen-bond donors (Lipinski definition) is 1. The van der Waals surface area contributed by atoms with Gasteiger partial charge in [0, 0.05) is 24.1 Å². The summed E-state index contributed by atoms with van der Waals surface area (Å²) in [5.74, 6) is -0.0707. The van der Waals surface area contributed by atoms with E-state index < -0.39 is 11.5 Å². The second-order valence-corrected chi connectivity index (χ2v) is 7.78. The highest BCUT2D eigenvalue weighted by atomic mass is 16.5. The fraction of sp³-hybridized carbons (Fsp3) is 0.115.